The fourth-order valence-electron chi connectivity index (χ4n) is 1.05. The summed E-state index contributed by atoms with van der Waals surface area (Å²) in [4.78, 5) is 11.4. The normalized spacial score (nSPS) is 10.4. The Morgan fingerprint density at radius 1 is 1.43 bits per heavy atom. The molecule has 3 nitrogen and oxygen atoms in total. The number of halogens is 1. The van der Waals surface area contributed by atoms with E-state index in [1.165, 1.54) is 18.2 Å². The van der Waals surface area contributed by atoms with Crippen LogP contribution in [0, 0.1) is 12.7 Å². The summed E-state index contributed by atoms with van der Waals surface area (Å²) in [7, 11) is 3.43. The second-order valence-electron chi connectivity index (χ2n) is 3.30. The molecule has 14 heavy (non-hydrogen) atoms. The van der Waals surface area contributed by atoms with E-state index >= 15 is 0 Å². The van der Waals surface area contributed by atoms with E-state index in [0.29, 0.717) is 11.1 Å². The van der Waals surface area contributed by atoms with Crippen molar-refractivity contribution in [3.63, 3.8) is 0 Å². The Kier molecular flexibility index (Phi) is 3.19. The van der Waals surface area contributed by atoms with E-state index in [1.54, 1.807) is 26.0 Å². The zero-order valence-corrected chi connectivity index (χ0v) is 8.47. The van der Waals surface area contributed by atoms with Gasteiger partial charge in [-0.3, -0.25) is 10.2 Å². The lowest BCUT2D eigenvalue weighted by Gasteiger charge is -2.11. The van der Waals surface area contributed by atoms with Gasteiger partial charge in [-0.05, 0) is 30.7 Å². The number of benzene rings is 1. The van der Waals surface area contributed by atoms with Crippen LogP contribution in [0.1, 0.15) is 15.9 Å². The lowest BCUT2D eigenvalue weighted by atomic mass is 10.1. The van der Waals surface area contributed by atoms with E-state index in [-0.39, 0.29) is 11.7 Å². The Balaban J connectivity index is 2.86. The predicted molar refractivity (Wildman–Crippen MR) is 52.3 cm³/mol. The van der Waals surface area contributed by atoms with Crippen molar-refractivity contribution >= 4 is 5.91 Å². The number of rotatable bonds is 2. The quantitative estimate of drug-likeness (QED) is 0.724. The standard InChI is InChI=1S/C10H13FN2O/c1-7-6-8(4-5-9(7)11)10(14)12-13(2)3/h4-6H,1-3H3,(H,12,14). The van der Waals surface area contributed by atoms with Crippen molar-refractivity contribution in [3.8, 4) is 0 Å². The van der Waals surface area contributed by atoms with Gasteiger partial charge in [0, 0.05) is 19.7 Å². The number of hydrogen-bond acceptors (Lipinski definition) is 2. The fourth-order valence-corrected chi connectivity index (χ4v) is 1.05. The molecular formula is C10H13FN2O. The van der Waals surface area contributed by atoms with Crippen LogP contribution in [-0.2, 0) is 0 Å². The maximum Gasteiger partial charge on any atom is 0.265 e. The first-order chi connectivity index (χ1) is 6.50. The third-order valence-electron chi connectivity index (χ3n) is 1.75. The molecule has 1 amide bonds. The monoisotopic (exact) mass is 196 g/mol. The third kappa shape index (κ3) is 2.53. The van der Waals surface area contributed by atoms with Gasteiger partial charge in [0.25, 0.3) is 5.91 Å². The maximum atomic E-state index is 12.9. The van der Waals surface area contributed by atoms with E-state index in [2.05, 4.69) is 5.43 Å². The Bertz CT molecular complexity index is 350. The molecule has 1 aromatic carbocycles. The first kappa shape index (κ1) is 10.7. The molecule has 1 N–H and O–H groups in total. The molecule has 1 aromatic rings. The van der Waals surface area contributed by atoms with Crippen LogP contribution in [0.2, 0.25) is 0 Å². The highest BCUT2D eigenvalue weighted by Crippen LogP contribution is 2.08. The Hall–Kier alpha value is -1.42. The number of carbonyl (C=O) groups excluding carboxylic acids is 1. The van der Waals surface area contributed by atoms with Gasteiger partial charge in [0.05, 0.1) is 0 Å². The van der Waals surface area contributed by atoms with E-state index in [4.69, 9.17) is 0 Å². The number of amides is 1. The van der Waals surface area contributed by atoms with E-state index < -0.39 is 0 Å². The molecule has 76 valence electrons. The molecule has 0 heterocycles. The molecule has 0 aromatic heterocycles. The summed E-state index contributed by atoms with van der Waals surface area (Å²) in [6.45, 7) is 1.63. The summed E-state index contributed by atoms with van der Waals surface area (Å²) >= 11 is 0. The summed E-state index contributed by atoms with van der Waals surface area (Å²) < 4.78 is 12.9. The van der Waals surface area contributed by atoms with Crippen molar-refractivity contribution in [2.24, 2.45) is 0 Å². The second-order valence-corrected chi connectivity index (χ2v) is 3.30. The van der Waals surface area contributed by atoms with Crippen LogP contribution >= 0.6 is 0 Å². The summed E-state index contributed by atoms with van der Waals surface area (Å²) in [5.74, 6) is -0.537. The van der Waals surface area contributed by atoms with Crippen LogP contribution < -0.4 is 5.43 Å². The molecule has 0 aliphatic rings. The number of hydrogen-bond donors (Lipinski definition) is 1. The van der Waals surface area contributed by atoms with Gasteiger partial charge in [-0.25, -0.2) is 9.40 Å². The number of carbonyl (C=O) groups is 1. The highest BCUT2D eigenvalue weighted by molar-refractivity contribution is 5.93. The number of nitrogens with zero attached hydrogens (tertiary/aromatic N) is 1. The second kappa shape index (κ2) is 4.19. The molecule has 0 radical (unpaired) electrons. The van der Waals surface area contributed by atoms with Gasteiger partial charge in [-0.15, -0.1) is 0 Å². The molecule has 0 spiro atoms. The molecule has 0 atom stereocenters. The van der Waals surface area contributed by atoms with Crippen molar-refractivity contribution in [1.82, 2.24) is 10.4 Å². The smallest absolute Gasteiger partial charge is 0.265 e. The molecule has 4 heteroatoms. The van der Waals surface area contributed by atoms with Gasteiger partial charge in [0.1, 0.15) is 5.82 Å². The third-order valence-corrected chi connectivity index (χ3v) is 1.75. The summed E-state index contributed by atoms with van der Waals surface area (Å²) in [6, 6.07) is 4.27. The average molecular weight is 196 g/mol. The molecule has 0 aliphatic carbocycles. The topological polar surface area (TPSA) is 32.3 Å². The first-order valence-electron chi connectivity index (χ1n) is 4.25. The Morgan fingerprint density at radius 2 is 2.07 bits per heavy atom. The van der Waals surface area contributed by atoms with E-state index in [9.17, 15) is 9.18 Å². The van der Waals surface area contributed by atoms with Crippen LogP contribution in [0.5, 0.6) is 0 Å². The zero-order chi connectivity index (χ0) is 10.7. The Labute approximate surface area is 82.5 Å². The van der Waals surface area contributed by atoms with Gasteiger partial charge in [-0.1, -0.05) is 0 Å². The molecule has 0 aliphatic heterocycles. The number of nitrogens with one attached hydrogen (secondary N) is 1. The minimum absolute atomic E-state index is 0.238. The predicted octanol–water partition coefficient (Wildman–Crippen LogP) is 1.34. The highest BCUT2D eigenvalue weighted by Gasteiger charge is 2.07. The van der Waals surface area contributed by atoms with Crippen molar-refractivity contribution in [3.05, 3.63) is 35.1 Å². The summed E-state index contributed by atoms with van der Waals surface area (Å²) in [5, 5.41) is 1.54. The van der Waals surface area contributed by atoms with Gasteiger partial charge in [0.2, 0.25) is 0 Å². The molecule has 0 unspecified atom stereocenters. The molecule has 1 rings (SSSR count). The van der Waals surface area contributed by atoms with Crippen molar-refractivity contribution in [2.75, 3.05) is 14.1 Å². The van der Waals surface area contributed by atoms with Gasteiger partial charge >= 0.3 is 0 Å². The van der Waals surface area contributed by atoms with Crippen LogP contribution in [0.4, 0.5) is 4.39 Å². The van der Waals surface area contributed by atoms with Gasteiger partial charge < -0.3 is 0 Å². The zero-order valence-electron chi connectivity index (χ0n) is 8.47. The van der Waals surface area contributed by atoms with Crippen molar-refractivity contribution in [1.29, 1.82) is 0 Å². The molecular weight excluding hydrogens is 183 g/mol. The minimum atomic E-state index is -0.300. The fraction of sp³-hybridized carbons (Fsp3) is 0.300. The van der Waals surface area contributed by atoms with E-state index in [0.717, 1.165) is 0 Å². The lowest BCUT2D eigenvalue weighted by molar-refractivity contribution is 0.0857. The molecule has 0 fully saturated rings. The van der Waals surface area contributed by atoms with Crippen LogP contribution in [0.3, 0.4) is 0 Å². The van der Waals surface area contributed by atoms with Crippen LogP contribution in [0.15, 0.2) is 18.2 Å². The van der Waals surface area contributed by atoms with Crippen molar-refractivity contribution < 1.29 is 9.18 Å². The minimum Gasteiger partial charge on any atom is -0.285 e. The number of hydrazine groups is 1. The first-order valence-corrected chi connectivity index (χ1v) is 4.25. The summed E-state index contributed by atoms with van der Waals surface area (Å²) in [5.41, 5.74) is 3.50. The van der Waals surface area contributed by atoms with Gasteiger partial charge in [0.15, 0.2) is 0 Å². The molecule has 0 saturated heterocycles. The van der Waals surface area contributed by atoms with Crippen LogP contribution in [0.25, 0.3) is 0 Å². The number of aryl methyl sites for hydroxylation is 1. The lowest BCUT2D eigenvalue weighted by Crippen LogP contribution is -2.36. The van der Waals surface area contributed by atoms with Crippen LogP contribution in [-0.4, -0.2) is 25.0 Å². The maximum absolute atomic E-state index is 12.9. The molecule has 0 bridgehead atoms. The average Bonchev–Trinajstić information content (AvgIpc) is 2.08. The highest BCUT2D eigenvalue weighted by atomic mass is 19.1. The van der Waals surface area contributed by atoms with Crippen molar-refractivity contribution in [2.45, 2.75) is 6.92 Å². The van der Waals surface area contributed by atoms with Gasteiger partial charge in [-0.2, -0.15) is 0 Å². The largest absolute Gasteiger partial charge is 0.285 e. The SMILES string of the molecule is Cc1cc(C(=O)NN(C)C)ccc1F. The van der Waals surface area contributed by atoms with E-state index in [1.807, 2.05) is 0 Å². The summed E-state index contributed by atoms with van der Waals surface area (Å²) in [6.07, 6.45) is 0. The Morgan fingerprint density at radius 3 is 2.57 bits per heavy atom. The molecule has 0 saturated carbocycles.